The van der Waals surface area contributed by atoms with Crippen LogP contribution in [0.2, 0.25) is 10.0 Å². The Balaban J connectivity index is 2.36. The molecule has 0 heterocycles. The molecule has 0 fully saturated rings. The molecule has 1 atom stereocenters. The average Bonchev–Trinajstić information content (AvgIpc) is 2.26. The van der Waals surface area contributed by atoms with E-state index in [1.807, 2.05) is 0 Å². The van der Waals surface area contributed by atoms with Crippen molar-refractivity contribution in [2.24, 2.45) is 0 Å². The van der Waals surface area contributed by atoms with Crippen LogP contribution in [0, 0.1) is 0 Å². The van der Waals surface area contributed by atoms with Gasteiger partial charge in [0.05, 0.1) is 15.6 Å². The van der Waals surface area contributed by atoms with E-state index in [9.17, 15) is 10.2 Å². The molecule has 0 radical (unpaired) electrons. The molecule has 0 aliphatic heterocycles. The largest absolute Gasteiger partial charge is 0.488 e. The highest BCUT2D eigenvalue weighted by molar-refractivity contribution is 6.37. The Bertz CT molecular complexity index is 387. The third-order valence-electron chi connectivity index (χ3n) is 2.28. The van der Waals surface area contributed by atoms with Crippen LogP contribution in [-0.2, 0) is 0 Å². The molecule has 108 valence electrons. The van der Waals surface area contributed by atoms with E-state index in [0.717, 1.165) is 0 Å². The Kier molecular flexibility index (Phi) is 6.36. The smallest absolute Gasteiger partial charge is 0.156 e. The molecule has 19 heavy (non-hydrogen) atoms. The molecule has 0 amide bonds. The zero-order chi connectivity index (χ0) is 14.5. The number of nitrogens with one attached hydrogen (secondary N) is 1. The van der Waals surface area contributed by atoms with Crippen LogP contribution in [0.15, 0.2) is 18.2 Å². The molecule has 1 aromatic rings. The van der Waals surface area contributed by atoms with Crippen LogP contribution in [0.1, 0.15) is 13.8 Å². The summed E-state index contributed by atoms with van der Waals surface area (Å²) in [5.74, 6) is 0.368. The number of aliphatic hydroxyl groups is 2. The number of hydrogen-bond donors (Lipinski definition) is 3. The zero-order valence-corrected chi connectivity index (χ0v) is 12.5. The number of benzene rings is 1. The number of halogens is 2. The molecule has 0 aromatic heterocycles. The van der Waals surface area contributed by atoms with Gasteiger partial charge in [-0.2, -0.15) is 0 Å². The fourth-order valence-corrected chi connectivity index (χ4v) is 1.91. The minimum absolute atomic E-state index is 0.0717. The van der Waals surface area contributed by atoms with Crippen molar-refractivity contribution >= 4 is 23.2 Å². The molecule has 1 unspecified atom stereocenters. The van der Waals surface area contributed by atoms with Crippen LogP contribution in [0.25, 0.3) is 0 Å². The van der Waals surface area contributed by atoms with Gasteiger partial charge in [0.2, 0.25) is 0 Å². The van der Waals surface area contributed by atoms with Gasteiger partial charge in [-0.3, -0.25) is 0 Å². The van der Waals surface area contributed by atoms with E-state index < -0.39 is 11.7 Å². The summed E-state index contributed by atoms with van der Waals surface area (Å²) in [5.41, 5.74) is -0.813. The van der Waals surface area contributed by atoms with E-state index >= 15 is 0 Å². The van der Waals surface area contributed by atoms with Gasteiger partial charge in [0.25, 0.3) is 0 Å². The number of rotatable bonds is 7. The van der Waals surface area contributed by atoms with Crippen molar-refractivity contribution in [1.82, 2.24) is 5.32 Å². The quantitative estimate of drug-likeness (QED) is 0.722. The Morgan fingerprint density at radius 1 is 1.32 bits per heavy atom. The first-order valence-corrected chi connectivity index (χ1v) is 6.73. The molecule has 0 aliphatic carbocycles. The van der Waals surface area contributed by atoms with Gasteiger partial charge in [0.1, 0.15) is 12.7 Å². The lowest BCUT2D eigenvalue weighted by Gasteiger charge is -2.20. The highest BCUT2D eigenvalue weighted by Crippen LogP contribution is 2.32. The molecule has 6 heteroatoms. The minimum Gasteiger partial charge on any atom is -0.488 e. The maximum atomic E-state index is 9.73. The van der Waals surface area contributed by atoms with Crippen molar-refractivity contribution in [3.63, 3.8) is 0 Å². The molecule has 0 saturated carbocycles. The minimum atomic E-state index is -0.813. The predicted octanol–water partition coefficient (Wildman–Crippen LogP) is 2.09. The Labute approximate surface area is 123 Å². The number of aliphatic hydroxyl groups excluding tert-OH is 1. The molecular formula is C13H19Cl2NO3. The first kappa shape index (κ1) is 16.5. The van der Waals surface area contributed by atoms with Crippen LogP contribution in [-0.4, -0.2) is 41.6 Å². The molecule has 0 bridgehead atoms. The molecule has 4 nitrogen and oxygen atoms in total. The van der Waals surface area contributed by atoms with E-state index in [-0.39, 0.29) is 6.61 Å². The van der Waals surface area contributed by atoms with Crippen molar-refractivity contribution in [2.45, 2.75) is 25.6 Å². The number of hydrogen-bond acceptors (Lipinski definition) is 4. The molecule has 0 aliphatic rings. The van der Waals surface area contributed by atoms with Crippen LogP contribution in [0.4, 0.5) is 0 Å². The maximum Gasteiger partial charge on any atom is 0.156 e. The lowest BCUT2D eigenvalue weighted by molar-refractivity contribution is 0.0665. The molecule has 3 N–H and O–H groups in total. The van der Waals surface area contributed by atoms with Crippen molar-refractivity contribution in [3.05, 3.63) is 28.2 Å². The SMILES string of the molecule is CC(C)(O)CNCC(O)COc1c(Cl)cccc1Cl. The first-order chi connectivity index (χ1) is 8.79. The Morgan fingerprint density at radius 2 is 1.89 bits per heavy atom. The number of para-hydroxylation sites is 1. The second kappa shape index (κ2) is 7.31. The third-order valence-corrected chi connectivity index (χ3v) is 2.87. The third kappa shape index (κ3) is 6.45. The van der Waals surface area contributed by atoms with Gasteiger partial charge >= 0.3 is 0 Å². The summed E-state index contributed by atoms with van der Waals surface area (Å²) in [6.07, 6.45) is -0.713. The first-order valence-electron chi connectivity index (χ1n) is 5.97. The van der Waals surface area contributed by atoms with E-state index in [1.165, 1.54) is 0 Å². The highest BCUT2D eigenvalue weighted by Gasteiger charge is 2.14. The average molecular weight is 308 g/mol. The van der Waals surface area contributed by atoms with Crippen LogP contribution >= 0.6 is 23.2 Å². The standard InChI is InChI=1S/C13H19Cl2NO3/c1-13(2,18)8-16-6-9(17)7-19-12-10(14)4-3-5-11(12)15/h3-5,9,16-18H,6-8H2,1-2H3. The van der Waals surface area contributed by atoms with Crippen molar-refractivity contribution in [3.8, 4) is 5.75 Å². The van der Waals surface area contributed by atoms with Crippen molar-refractivity contribution in [1.29, 1.82) is 0 Å². The van der Waals surface area contributed by atoms with Crippen LogP contribution < -0.4 is 10.1 Å². The van der Waals surface area contributed by atoms with Crippen LogP contribution in [0.5, 0.6) is 5.75 Å². The van der Waals surface area contributed by atoms with Crippen molar-refractivity contribution in [2.75, 3.05) is 19.7 Å². The lowest BCUT2D eigenvalue weighted by Crippen LogP contribution is -2.40. The molecule has 0 saturated heterocycles. The van der Waals surface area contributed by atoms with Gasteiger partial charge in [-0.1, -0.05) is 29.3 Å². The maximum absolute atomic E-state index is 9.73. The summed E-state index contributed by atoms with van der Waals surface area (Å²) in [6.45, 7) is 4.14. The monoisotopic (exact) mass is 307 g/mol. The van der Waals surface area contributed by atoms with E-state index in [1.54, 1.807) is 32.0 Å². The van der Waals surface area contributed by atoms with E-state index in [0.29, 0.717) is 28.9 Å². The fourth-order valence-electron chi connectivity index (χ4n) is 1.40. The molecule has 1 aromatic carbocycles. The molecule has 1 rings (SSSR count). The lowest BCUT2D eigenvalue weighted by atomic mass is 10.1. The Hall–Kier alpha value is -0.520. The topological polar surface area (TPSA) is 61.7 Å². The second-order valence-corrected chi connectivity index (χ2v) is 5.77. The predicted molar refractivity (Wildman–Crippen MR) is 77.1 cm³/mol. The van der Waals surface area contributed by atoms with Gasteiger partial charge in [-0.05, 0) is 26.0 Å². The normalized spacial score (nSPS) is 13.4. The summed E-state index contributed by atoms with van der Waals surface area (Å²) in [4.78, 5) is 0. The summed E-state index contributed by atoms with van der Waals surface area (Å²) in [7, 11) is 0. The van der Waals surface area contributed by atoms with Gasteiger partial charge in [0, 0.05) is 13.1 Å². The van der Waals surface area contributed by atoms with Crippen molar-refractivity contribution < 1.29 is 14.9 Å². The van der Waals surface area contributed by atoms with Gasteiger partial charge < -0.3 is 20.3 Å². The zero-order valence-electron chi connectivity index (χ0n) is 11.0. The summed E-state index contributed by atoms with van der Waals surface area (Å²) < 4.78 is 5.40. The van der Waals surface area contributed by atoms with Gasteiger partial charge in [-0.25, -0.2) is 0 Å². The van der Waals surface area contributed by atoms with Crippen LogP contribution in [0.3, 0.4) is 0 Å². The van der Waals surface area contributed by atoms with E-state index in [2.05, 4.69) is 5.32 Å². The highest BCUT2D eigenvalue weighted by atomic mass is 35.5. The van der Waals surface area contributed by atoms with E-state index in [4.69, 9.17) is 27.9 Å². The molecular weight excluding hydrogens is 289 g/mol. The molecule has 0 spiro atoms. The fraction of sp³-hybridized carbons (Fsp3) is 0.538. The van der Waals surface area contributed by atoms with Gasteiger partial charge in [-0.15, -0.1) is 0 Å². The Morgan fingerprint density at radius 3 is 2.42 bits per heavy atom. The summed E-state index contributed by atoms with van der Waals surface area (Å²) >= 11 is 11.9. The van der Waals surface area contributed by atoms with Gasteiger partial charge in [0.15, 0.2) is 5.75 Å². The summed E-state index contributed by atoms with van der Waals surface area (Å²) in [5, 5.41) is 23.0. The summed E-state index contributed by atoms with van der Waals surface area (Å²) in [6, 6.07) is 5.06. The number of ether oxygens (including phenoxy) is 1. The second-order valence-electron chi connectivity index (χ2n) is 4.96.